The normalized spacial score (nSPS) is 20.0. The van der Waals surface area contributed by atoms with Crippen LogP contribution in [0.4, 0.5) is 5.69 Å². The highest BCUT2D eigenvalue weighted by Gasteiger charge is 2.19. The van der Waals surface area contributed by atoms with Crippen LogP contribution in [-0.2, 0) is 21.3 Å². The van der Waals surface area contributed by atoms with Crippen molar-refractivity contribution in [3.63, 3.8) is 0 Å². The lowest BCUT2D eigenvalue weighted by Gasteiger charge is -2.23. The van der Waals surface area contributed by atoms with Gasteiger partial charge < -0.3 is 19.4 Å². The molecule has 2 heterocycles. The van der Waals surface area contributed by atoms with Gasteiger partial charge in [-0.3, -0.25) is 9.59 Å². The van der Waals surface area contributed by atoms with Gasteiger partial charge in [0.15, 0.2) is 0 Å². The summed E-state index contributed by atoms with van der Waals surface area (Å²) in [7, 11) is 1.64. The molecule has 0 bridgehead atoms. The van der Waals surface area contributed by atoms with Crippen LogP contribution in [0, 0.1) is 0 Å². The molecular weight excluding hydrogens is 272 g/mol. The number of nitrogens with one attached hydrogen (secondary N) is 1. The van der Waals surface area contributed by atoms with Gasteiger partial charge in [-0.1, -0.05) is 0 Å². The number of aryl methyl sites for hydroxylation is 1. The van der Waals surface area contributed by atoms with Crippen molar-refractivity contribution < 1.29 is 14.3 Å². The van der Waals surface area contributed by atoms with E-state index in [1.54, 1.807) is 26.2 Å². The maximum atomic E-state index is 12.0. The topological polar surface area (TPSA) is 69.6 Å². The lowest BCUT2D eigenvalue weighted by molar-refractivity contribution is -0.130. The average Bonchev–Trinajstić information content (AvgIpc) is 2.49. The zero-order valence-corrected chi connectivity index (χ0v) is 12.5. The van der Waals surface area contributed by atoms with Crippen molar-refractivity contribution in [2.75, 3.05) is 18.5 Å². The van der Waals surface area contributed by atoms with Gasteiger partial charge in [0.05, 0.1) is 18.4 Å². The molecule has 1 fully saturated rings. The molecule has 6 heteroatoms. The summed E-state index contributed by atoms with van der Waals surface area (Å²) >= 11 is 0. The minimum absolute atomic E-state index is 0.0894. The average molecular weight is 294 g/mol. The number of pyridine rings is 1. The fourth-order valence-electron chi connectivity index (χ4n) is 2.18. The molecule has 1 saturated heterocycles. The Bertz CT molecular complexity index is 535. The summed E-state index contributed by atoms with van der Waals surface area (Å²) in [6, 6.07) is 2.99. The van der Waals surface area contributed by atoms with E-state index >= 15 is 0 Å². The molecule has 2 atom stereocenters. The van der Waals surface area contributed by atoms with Crippen LogP contribution >= 0.6 is 0 Å². The maximum Gasteiger partial charge on any atom is 0.253 e. The summed E-state index contributed by atoms with van der Waals surface area (Å²) in [6.07, 6.45) is 4.33. The van der Waals surface area contributed by atoms with Crippen molar-refractivity contribution in [3.8, 4) is 0 Å². The molecular formula is C15H22N2O4. The van der Waals surface area contributed by atoms with Crippen molar-refractivity contribution >= 4 is 11.6 Å². The Hall–Kier alpha value is -1.66. The van der Waals surface area contributed by atoms with Crippen LogP contribution < -0.4 is 10.9 Å². The molecule has 21 heavy (non-hydrogen) atoms. The van der Waals surface area contributed by atoms with Gasteiger partial charge in [0.1, 0.15) is 6.10 Å². The number of nitrogens with zero attached hydrogens (tertiary/aromatic N) is 1. The van der Waals surface area contributed by atoms with E-state index in [1.165, 1.54) is 10.6 Å². The number of hydrogen-bond donors (Lipinski definition) is 1. The van der Waals surface area contributed by atoms with Crippen LogP contribution in [0.5, 0.6) is 0 Å². The van der Waals surface area contributed by atoms with Crippen LogP contribution in [0.3, 0.4) is 0 Å². The van der Waals surface area contributed by atoms with Crippen LogP contribution in [0.1, 0.15) is 26.2 Å². The number of amides is 1. The van der Waals surface area contributed by atoms with Crippen molar-refractivity contribution in [3.05, 3.63) is 28.7 Å². The highest BCUT2D eigenvalue weighted by Crippen LogP contribution is 2.13. The minimum Gasteiger partial charge on any atom is -0.376 e. The molecule has 1 amide bonds. The molecule has 1 N–H and O–H groups in total. The van der Waals surface area contributed by atoms with Crippen LogP contribution in [0.15, 0.2) is 23.1 Å². The first-order valence-corrected chi connectivity index (χ1v) is 7.27. The van der Waals surface area contributed by atoms with Crippen molar-refractivity contribution in [2.24, 2.45) is 7.05 Å². The molecule has 0 saturated carbocycles. The summed E-state index contributed by atoms with van der Waals surface area (Å²) in [5.74, 6) is -0.232. The molecule has 0 aliphatic carbocycles. The van der Waals surface area contributed by atoms with E-state index in [0.717, 1.165) is 25.9 Å². The maximum absolute atomic E-state index is 12.0. The minimum atomic E-state index is -0.562. The monoisotopic (exact) mass is 294 g/mol. The SMILES string of the molecule is CC(OCC1CCCCO1)C(=O)Nc1ccc(=O)n(C)c1. The summed E-state index contributed by atoms with van der Waals surface area (Å²) in [5, 5.41) is 2.73. The van der Waals surface area contributed by atoms with Gasteiger partial charge in [-0.25, -0.2) is 0 Å². The van der Waals surface area contributed by atoms with Crippen LogP contribution in [0.2, 0.25) is 0 Å². The molecule has 6 nitrogen and oxygen atoms in total. The third kappa shape index (κ3) is 4.68. The summed E-state index contributed by atoms with van der Waals surface area (Å²) in [6.45, 7) is 2.91. The van der Waals surface area contributed by atoms with E-state index in [4.69, 9.17) is 9.47 Å². The van der Waals surface area contributed by atoms with Crippen molar-refractivity contribution in [1.29, 1.82) is 0 Å². The van der Waals surface area contributed by atoms with Gasteiger partial charge in [-0.2, -0.15) is 0 Å². The highest BCUT2D eigenvalue weighted by atomic mass is 16.5. The largest absolute Gasteiger partial charge is 0.376 e. The van der Waals surface area contributed by atoms with Gasteiger partial charge in [0.2, 0.25) is 5.56 Å². The molecule has 2 rings (SSSR count). The Kier molecular flexibility index (Phi) is 5.52. The summed E-state index contributed by atoms with van der Waals surface area (Å²) in [4.78, 5) is 23.3. The van der Waals surface area contributed by atoms with Crippen LogP contribution in [0.25, 0.3) is 0 Å². The number of ether oxygens (including phenoxy) is 2. The third-order valence-corrected chi connectivity index (χ3v) is 3.53. The molecule has 0 spiro atoms. The lowest BCUT2D eigenvalue weighted by Crippen LogP contribution is -2.33. The summed E-state index contributed by atoms with van der Waals surface area (Å²) < 4.78 is 12.5. The van der Waals surface area contributed by atoms with E-state index in [2.05, 4.69) is 5.32 Å². The Morgan fingerprint density at radius 3 is 3.00 bits per heavy atom. The van der Waals surface area contributed by atoms with Gasteiger partial charge >= 0.3 is 0 Å². The van der Waals surface area contributed by atoms with Gasteiger partial charge in [0, 0.05) is 25.9 Å². The molecule has 0 aromatic carbocycles. The Morgan fingerprint density at radius 1 is 1.52 bits per heavy atom. The second-order valence-corrected chi connectivity index (χ2v) is 5.32. The Labute approximate surface area is 124 Å². The van der Waals surface area contributed by atoms with Crippen LogP contribution in [-0.4, -0.2) is 35.9 Å². The number of carbonyl (C=O) groups is 1. The van der Waals surface area contributed by atoms with Crippen molar-refractivity contribution in [1.82, 2.24) is 4.57 Å². The van der Waals surface area contributed by atoms with E-state index < -0.39 is 6.10 Å². The number of rotatable bonds is 5. The van der Waals surface area contributed by atoms with E-state index in [-0.39, 0.29) is 17.6 Å². The fraction of sp³-hybridized carbons (Fsp3) is 0.600. The molecule has 1 aliphatic rings. The number of carbonyl (C=O) groups excluding carboxylic acids is 1. The van der Waals surface area contributed by atoms with Gasteiger partial charge in [-0.15, -0.1) is 0 Å². The van der Waals surface area contributed by atoms with Crippen molar-refractivity contribution in [2.45, 2.75) is 38.4 Å². The van der Waals surface area contributed by atoms with E-state index in [0.29, 0.717) is 12.3 Å². The first-order chi connectivity index (χ1) is 10.1. The molecule has 1 aromatic rings. The second kappa shape index (κ2) is 7.38. The molecule has 1 aliphatic heterocycles. The first kappa shape index (κ1) is 15.7. The lowest BCUT2D eigenvalue weighted by atomic mass is 10.1. The van der Waals surface area contributed by atoms with Gasteiger partial charge in [-0.05, 0) is 32.3 Å². The fourth-order valence-corrected chi connectivity index (χ4v) is 2.18. The molecule has 0 radical (unpaired) electrons. The molecule has 2 unspecified atom stereocenters. The van der Waals surface area contributed by atoms with E-state index in [9.17, 15) is 9.59 Å². The zero-order chi connectivity index (χ0) is 15.2. The Balaban J connectivity index is 1.81. The number of aromatic nitrogens is 1. The number of anilines is 1. The predicted octanol–water partition coefficient (Wildman–Crippen LogP) is 1.30. The first-order valence-electron chi connectivity index (χ1n) is 7.27. The summed E-state index contributed by atoms with van der Waals surface area (Å²) in [5.41, 5.74) is 0.457. The smallest absolute Gasteiger partial charge is 0.253 e. The number of hydrogen-bond acceptors (Lipinski definition) is 4. The molecule has 1 aromatic heterocycles. The molecule has 116 valence electrons. The quantitative estimate of drug-likeness (QED) is 0.888. The predicted molar refractivity (Wildman–Crippen MR) is 79.3 cm³/mol. The highest BCUT2D eigenvalue weighted by molar-refractivity contribution is 5.93. The van der Waals surface area contributed by atoms with Gasteiger partial charge in [0.25, 0.3) is 5.91 Å². The standard InChI is InChI=1S/C15H22N2O4/c1-11(21-10-13-5-3-4-8-20-13)15(19)16-12-6-7-14(18)17(2)9-12/h6-7,9,11,13H,3-5,8,10H2,1-2H3,(H,16,19). The van der Waals surface area contributed by atoms with E-state index in [1.807, 2.05) is 0 Å². The zero-order valence-electron chi connectivity index (χ0n) is 12.5. The second-order valence-electron chi connectivity index (χ2n) is 5.32. The Morgan fingerprint density at radius 2 is 2.33 bits per heavy atom. The third-order valence-electron chi connectivity index (χ3n) is 3.53.